The van der Waals surface area contributed by atoms with Gasteiger partial charge < -0.3 is 9.47 Å². The van der Waals surface area contributed by atoms with E-state index in [9.17, 15) is 4.79 Å². The lowest BCUT2D eigenvalue weighted by atomic mass is 10.0. The van der Waals surface area contributed by atoms with Crippen molar-refractivity contribution in [3.63, 3.8) is 0 Å². The number of rotatable bonds is 7. The van der Waals surface area contributed by atoms with Gasteiger partial charge in [0.25, 0.3) is 0 Å². The second-order valence-corrected chi connectivity index (χ2v) is 7.44. The van der Waals surface area contributed by atoms with Crippen LogP contribution in [0.25, 0.3) is 0 Å². The van der Waals surface area contributed by atoms with Gasteiger partial charge in [0.1, 0.15) is 11.5 Å². The summed E-state index contributed by atoms with van der Waals surface area (Å²) in [7, 11) is 0. The number of aryl methyl sites for hydroxylation is 1. The van der Waals surface area contributed by atoms with Crippen molar-refractivity contribution in [1.82, 2.24) is 0 Å². The van der Waals surface area contributed by atoms with E-state index in [1.807, 2.05) is 13.0 Å². The highest BCUT2D eigenvalue weighted by Crippen LogP contribution is 2.29. The standard InChI is InChI=1S/C20H22BrClO3/c1-13(2)15-6-9-19(17(21)12-15)24-10-4-5-20(23)25-16-7-8-18(22)14(3)11-16/h6-9,11-13H,4-5,10H2,1-3H3. The van der Waals surface area contributed by atoms with Crippen molar-refractivity contribution in [1.29, 1.82) is 0 Å². The fourth-order valence-corrected chi connectivity index (χ4v) is 2.88. The highest BCUT2D eigenvalue weighted by atomic mass is 79.9. The lowest BCUT2D eigenvalue weighted by Gasteiger charge is -2.11. The molecule has 2 aromatic carbocycles. The van der Waals surface area contributed by atoms with Gasteiger partial charge in [-0.2, -0.15) is 0 Å². The zero-order valence-electron chi connectivity index (χ0n) is 14.6. The van der Waals surface area contributed by atoms with Gasteiger partial charge in [-0.25, -0.2) is 0 Å². The molecule has 0 aliphatic heterocycles. The summed E-state index contributed by atoms with van der Waals surface area (Å²) in [5.41, 5.74) is 2.13. The Kier molecular flexibility index (Phi) is 7.33. The number of carbonyl (C=O) groups is 1. The first-order valence-electron chi connectivity index (χ1n) is 8.26. The van der Waals surface area contributed by atoms with Crippen molar-refractivity contribution >= 4 is 33.5 Å². The molecule has 0 heterocycles. The van der Waals surface area contributed by atoms with Crippen LogP contribution in [0.1, 0.15) is 43.7 Å². The predicted molar refractivity (Wildman–Crippen MR) is 105 cm³/mol. The molecule has 0 radical (unpaired) electrons. The molecule has 3 nitrogen and oxygen atoms in total. The second-order valence-electron chi connectivity index (χ2n) is 6.18. The molecule has 0 saturated carbocycles. The number of carbonyl (C=O) groups excluding carboxylic acids is 1. The fraction of sp³-hybridized carbons (Fsp3) is 0.350. The Balaban J connectivity index is 1.77. The normalized spacial score (nSPS) is 10.8. The Bertz CT molecular complexity index is 744. The van der Waals surface area contributed by atoms with Crippen LogP contribution in [0, 0.1) is 6.92 Å². The Morgan fingerprint density at radius 1 is 1.20 bits per heavy atom. The molecule has 0 aliphatic rings. The van der Waals surface area contributed by atoms with Crippen LogP contribution < -0.4 is 9.47 Å². The lowest BCUT2D eigenvalue weighted by molar-refractivity contribution is -0.134. The van der Waals surface area contributed by atoms with Gasteiger partial charge in [0.2, 0.25) is 0 Å². The van der Waals surface area contributed by atoms with Crippen LogP contribution in [0.2, 0.25) is 5.02 Å². The molecule has 0 aromatic heterocycles. The molecule has 0 N–H and O–H groups in total. The SMILES string of the molecule is Cc1cc(OC(=O)CCCOc2ccc(C(C)C)cc2Br)ccc1Cl. The smallest absolute Gasteiger partial charge is 0.311 e. The minimum absolute atomic E-state index is 0.278. The van der Waals surface area contributed by atoms with Gasteiger partial charge in [-0.05, 0) is 76.7 Å². The summed E-state index contributed by atoms with van der Waals surface area (Å²) in [5, 5.41) is 0.655. The Labute approximate surface area is 162 Å². The number of ether oxygens (including phenoxy) is 2. The van der Waals surface area contributed by atoms with Gasteiger partial charge in [-0.1, -0.05) is 31.5 Å². The van der Waals surface area contributed by atoms with Gasteiger partial charge in [-0.3, -0.25) is 4.79 Å². The zero-order valence-corrected chi connectivity index (χ0v) is 17.0. The first kappa shape index (κ1) is 19.8. The summed E-state index contributed by atoms with van der Waals surface area (Å²) in [6, 6.07) is 11.2. The molecule has 0 saturated heterocycles. The second kappa shape index (κ2) is 9.25. The topological polar surface area (TPSA) is 35.5 Å². The summed E-state index contributed by atoms with van der Waals surface area (Å²) in [6.45, 7) is 6.62. The van der Waals surface area contributed by atoms with Gasteiger partial charge in [0.05, 0.1) is 11.1 Å². The third-order valence-corrected chi connectivity index (χ3v) is 4.81. The summed E-state index contributed by atoms with van der Waals surface area (Å²) in [5.74, 6) is 1.49. The molecule has 0 spiro atoms. The quantitative estimate of drug-likeness (QED) is 0.297. The lowest BCUT2D eigenvalue weighted by Crippen LogP contribution is -2.10. The van der Waals surface area contributed by atoms with Crippen molar-refractivity contribution in [2.24, 2.45) is 0 Å². The third kappa shape index (κ3) is 6.05. The van der Waals surface area contributed by atoms with E-state index in [2.05, 4.69) is 41.9 Å². The summed E-state index contributed by atoms with van der Waals surface area (Å²) in [6.07, 6.45) is 0.882. The summed E-state index contributed by atoms with van der Waals surface area (Å²) in [4.78, 5) is 11.9. The molecular formula is C20H22BrClO3. The molecule has 134 valence electrons. The average molecular weight is 426 g/mol. The maximum absolute atomic E-state index is 11.9. The molecule has 0 bridgehead atoms. The maximum Gasteiger partial charge on any atom is 0.311 e. The molecule has 25 heavy (non-hydrogen) atoms. The van der Waals surface area contributed by atoms with Gasteiger partial charge in [0, 0.05) is 11.4 Å². The fourth-order valence-electron chi connectivity index (χ4n) is 2.26. The largest absolute Gasteiger partial charge is 0.492 e. The zero-order chi connectivity index (χ0) is 18.4. The maximum atomic E-state index is 11.9. The van der Waals surface area contributed by atoms with E-state index in [0.29, 0.717) is 36.1 Å². The van der Waals surface area contributed by atoms with E-state index in [-0.39, 0.29) is 5.97 Å². The Morgan fingerprint density at radius 3 is 2.60 bits per heavy atom. The third-order valence-electron chi connectivity index (χ3n) is 3.77. The first-order chi connectivity index (χ1) is 11.9. The van der Waals surface area contributed by atoms with Crippen molar-refractivity contribution in [3.8, 4) is 11.5 Å². The number of esters is 1. The van der Waals surface area contributed by atoms with Crippen LogP contribution in [0.3, 0.4) is 0 Å². The molecule has 0 aliphatic carbocycles. The summed E-state index contributed by atoms with van der Waals surface area (Å²) >= 11 is 9.48. The molecule has 0 fully saturated rings. The Hall–Kier alpha value is -1.52. The van der Waals surface area contributed by atoms with Gasteiger partial charge in [0.15, 0.2) is 0 Å². The van der Waals surface area contributed by atoms with Crippen LogP contribution in [0.5, 0.6) is 11.5 Å². The molecule has 2 aromatic rings. The first-order valence-corrected chi connectivity index (χ1v) is 9.43. The van der Waals surface area contributed by atoms with Crippen LogP contribution in [0.15, 0.2) is 40.9 Å². The van der Waals surface area contributed by atoms with Crippen LogP contribution >= 0.6 is 27.5 Å². The van der Waals surface area contributed by atoms with Gasteiger partial charge in [-0.15, -0.1) is 0 Å². The highest BCUT2D eigenvalue weighted by Gasteiger charge is 2.08. The van der Waals surface area contributed by atoms with E-state index in [1.165, 1.54) is 5.56 Å². The highest BCUT2D eigenvalue weighted by molar-refractivity contribution is 9.10. The number of benzene rings is 2. The van der Waals surface area contributed by atoms with Crippen molar-refractivity contribution in [3.05, 3.63) is 57.0 Å². The number of hydrogen-bond donors (Lipinski definition) is 0. The minimum atomic E-state index is -0.278. The predicted octanol–water partition coefficient (Wildman–Crippen LogP) is 6.30. The molecular weight excluding hydrogens is 404 g/mol. The molecule has 2 rings (SSSR count). The van der Waals surface area contributed by atoms with Crippen molar-refractivity contribution in [2.45, 2.75) is 39.5 Å². The molecule has 0 unspecified atom stereocenters. The Morgan fingerprint density at radius 2 is 1.96 bits per heavy atom. The van der Waals surface area contributed by atoms with E-state index >= 15 is 0 Å². The molecule has 5 heteroatoms. The minimum Gasteiger partial charge on any atom is -0.492 e. The van der Waals surface area contributed by atoms with E-state index in [0.717, 1.165) is 15.8 Å². The van der Waals surface area contributed by atoms with Crippen LogP contribution in [-0.4, -0.2) is 12.6 Å². The molecule has 0 amide bonds. The van der Waals surface area contributed by atoms with Crippen molar-refractivity contribution < 1.29 is 14.3 Å². The van der Waals surface area contributed by atoms with Crippen molar-refractivity contribution in [2.75, 3.05) is 6.61 Å². The molecule has 0 atom stereocenters. The average Bonchev–Trinajstić information content (AvgIpc) is 2.56. The van der Waals surface area contributed by atoms with E-state index in [4.69, 9.17) is 21.1 Å². The summed E-state index contributed by atoms with van der Waals surface area (Å²) < 4.78 is 12.0. The number of hydrogen-bond acceptors (Lipinski definition) is 3. The van der Waals surface area contributed by atoms with E-state index < -0.39 is 0 Å². The monoisotopic (exact) mass is 424 g/mol. The van der Waals surface area contributed by atoms with E-state index in [1.54, 1.807) is 18.2 Å². The van der Waals surface area contributed by atoms with Crippen LogP contribution in [-0.2, 0) is 4.79 Å². The van der Waals surface area contributed by atoms with Crippen LogP contribution in [0.4, 0.5) is 0 Å². The number of halogens is 2. The van der Waals surface area contributed by atoms with Gasteiger partial charge >= 0.3 is 5.97 Å².